The van der Waals surface area contributed by atoms with Crippen molar-refractivity contribution in [2.24, 2.45) is 11.8 Å². The maximum absolute atomic E-state index is 12.8. The Kier molecular flexibility index (Phi) is 4.35. The average molecular weight is 319 g/mol. The van der Waals surface area contributed by atoms with E-state index in [-0.39, 0.29) is 12.0 Å². The molecule has 4 rings (SSSR count). The van der Waals surface area contributed by atoms with Crippen molar-refractivity contribution >= 4 is 5.91 Å². The van der Waals surface area contributed by atoms with Crippen molar-refractivity contribution in [1.29, 1.82) is 0 Å². The Morgan fingerprint density at radius 1 is 1.26 bits per heavy atom. The van der Waals surface area contributed by atoms with Crippen molar-refractivity contribution in [3.05, 3.63) is 18.0 Å². The van der Waals surface area contributed by atoms with E-state index in [9.17, 15) is 4.79 Å². The molecule has 1 saturated carbocycles. The second kappa shape index (κ2) is 6.61. The van der Waals surface area contributed by atoms with E-state index in [1.165, 1.54) is 12.8 Å². The number of hydrogen-bond donors (Lipinski definition) is 0. The van der Waals surface area contributed by atoms with Gasteiger partial charge in [-0.15, -0.1) is 0 Å². The maximum Gasteiger partial charge on any atom is 0.252 e. The lowest BCUT2D eigenvalue weighted by molar-refractivity contribution is -0.142. The third-order valence-corrected chi connectivity index (χ3v) is 4.99. The molecular weight excluding hydrogens is 294 g/mol. The molecule has 0 N–H and O–H groups in total. The molecule has 6 nitrogen and oxygen atoms in total. The molecule has 126 valence electrons. The van der Waals surface area contributed by atoms with E-state index < -0.39 is 0 Å². The third kappa shape index (κ3) is 3.58. The summed E-state index contributed by atoms with van der Waals surface area (Å²) >= 11 is 0. The van der Waals surface area contributed by atoms with Crippen LogP contribution >= 0.6 is 0 Å². The SMILES string of the molecule is O=C([C@@H]1CCCO1)N1Cc2ccnn2C[C@H](COCC2CC2)C1. The van der Waals surface area contributed by atoms with E-state index in [0.717, 1.165) is 44.1 Å². The Bertz CT molecular complexity index is 549. The highest BCUT2D eigenvalue weighted by atomic mass is 16.5. The van der Waals surface area contributed by atoms with Crippen LogP contribution in [-0.2, 0) is 27.4 Å². The summed E-state index contributed by atoms with van der Waals surface area (Å²) in [6.45, 7) is 4.44. The molecule has 3 aliphatic rings. The van der Waals surface area contributed by atoms with Crippen LogP contribution in [0.4, 0.5) is 0 Å². The molecule has 2 fully saturated rings. The fraction of sp³-hybridized carbons (Fsp3) is 0.765. The van der Waals surface area contributed by atoms with Gasteiger partial charge in [0.2, 0.25) is 0 Å². The number of fused-ring (bicyclic) bond motifs is 1. The van der Waals surface area contributed by atoms with E-state index in [1.807, 2.05) is 21.8 Å². The second-order valence-corrected chi connectivity index (χ2v) is 7.07. The number of rotatable bonds is 5. The molecule has 2 atom stereocenters. The Labute approximate surface area is 136 Å². The van der Waals surface area contributed by atoms with Crippen molar-refractivity contribution in [2.45, 2.75) is 44.9 Å². The quantitative estimate of drug-likeness (QED) is 0.824. The molecule has 0 unspecified atom stereocenters. The molecule has 0 radical (unpaired) electrons. The number of aromatic nitrogens is 2. The molecule has 6 heteroatoms. The van der Waals surface area contributed by atoms with Crippen LogP contribution in [-0.4, -0.2) is 53.1 Å². The van der Waals surface area contributed by atoms with Crippen molar-refractivity contribution in [2.75, 3.05) is 26.4 Å². The van der Waals surface area contributed by atoms with Gasteiger partial charge >= 0.3 is 0 Å². The van der Waals surface area contributed by atoms with E-state index in [4.69, 9.17) is 9.47 Å². The number of hydrogen-bond acceptors (Lipinski definition) is 4. The first kappa shape index (κ1) is 15.1. The highest BCUT2D eigenvalue weighted by Crippen LogP contribution is 2.29. The van der Waals surface area contributed by atoms with Crippen LogP contribution in [0.1, 0.15) is 31.4 Å². The minimum atomic E-state index is -0.252. The summed E-state index contributed by atoms with van der Waals surface area (Å²) in [6, 6.07) is 2.00. The van der Waals surface area contributed by atoms with Gasteiger partial charge < -0.3 is 14.4 Å². The molecule has 3 heterocycles. The molecule has 1 aliphatic carbocycles. The van der Waals surface area contributed by atoms with Crippen molar-refractivity contribution in [1.82, 2.24) is 14.7 Å². The number of amides is 1. The van der Waals surface area contributed by atoms with Gasteiger partial charge in [0, 0.05) is 38.4 Å². The van der Waals surface area contributed by atoms with Crippen LogP contribution < -0.4 is 0 Å². The summed E-state index contributed by atoms with van der Waals surface area (Å²) in [4.78, 5) is 14.7. The largest absolute Gasteiger partial charge is 0.381 e. The van der Waals surface area contributed by atoms with E-state index in [0.29, 0.717) is 25.7 Å². The number of ether oxygens (including phenoxy) is 2. The summed E-state index contributed by atoms with van der Waals surface area (Å²) in [7, 11) is 0. The normalized spacial score (nSPS) is 27.7. The summed E-state index contributed by atoms with van der Waals surface area (Å²) in [5, 5.41) is 4.41. The lowest BCUT2D eigenvalue weighted by atomic mass is 10.1. The van der Waals surface area contributed by atoms with Gasteiger partial charge in [0.25, 0.3) is 5.91 Å². The summed E-state index contributed by atoms with van der Waals surface area (Å²) in [5.74, 6) is 1.19. The molecular formula is C17H25N3O3. The number of carbonyl (C=O) groups is 1. The minimum absolute atomic E-state index is 0.129. The van der Waals surface area contributed by atoms with Gasteiger partial charge in [0.1, 0.15) is 6.10 Å². The summed E-state index contributed by atoms with van der Waals surface area (Å²) in [5.41, 5.74) is 1.10. The van der Waals surface area contributed by atoms with Gasteiger partial charge in [-0.2, -0.15) is 5.10 Å². The molecule has 2 aliphatic heterocycles. The van der Waals surface area contributed by atoms with Crippen LogP contribution in [0.15, 0.2) is 12.3 Å². The van der Waals surface area contributed by atoms with Crippen LogP contribution in [0.25, 0.3) is 0 Å². The Morgan fingerprint density at radius 3 is 2.91 bits per heavy atom. The van der Waals surface area contributed by atoms with Crippen molar-refractivity contribution in [3.63, 3.8) is 0 Å². The first-order chi connectivity index (χ1) is 11.3. The smallest absolute Gasteiger partial charge is 0.252 e. The van der Waals surface area contributed by atoms with Gasteiger partial charge in [-0.3, -0.25) is 9.48 Å². The Hall–Kier alpha value is -1.40. The second-order valence-electron chi connectivity index (χ2n) is 7.07. The third-order valence-electron chi connectivity index (χ3n) is 4.99. The fourth-order valence-electron chi connectivity index (χ4n) is 3.47. The van der Waals surface area contributed by atoms with Gasteiger partial charge in [-0.25, -0.2) is 0 Å². The zero-order valence-corrected chi connectivity index (χ0v) is 13.5. The molecule has 23 heavy (non-hydrogen) atoms. The molecule has 1 aromatic heterocycles. The molecule has 1 amide bonds. The lowest BCUT2D eigenvalue weighted by Crippen LogP contribution is -2.41. The van der Waals surface area contributed by atoms with Crippen molar-refractivity contribution < 1.29 is 14.3 Å². The fourth-order valence-corrected chi connectivity index (χ4v) is 3.47. The Balaban J connectivity index is 1.43. The maximum atomic E-state index is 12.8. The van der Waals surface area contributed by atoms with Gasteiger partial charge in [-0.05, 0) is 37.7 Å². The zero-order valence-electron chi connectivity index (χ0n) is 13.5. The molecule has 0 bridgehead atoms. The van der Waals surface area contributed by atoms with Crippen molar-refractivity contribution in [3.8, 4) is 0 Å². The topological polar surface area (TPSA) is 56.6 Å². The van der Waals surface area contributed by atoms with Crippen LogP contribution in [0.2, 0.25) is 0 Å². The monoisotopic (exact) mass is 319 g/mol. The predicted octanol–water partition coefficient (Wildman–Crippen LogP) is 1.45. The van der Waals surface area contributed by atoms with E-state index >= 15 is 0 Å². The first-order valence-corrected chi connectivity index (χ1v) is 8.78. The van der Waals surface area contributed by atoms with Crippen LogP contribution in [0.3, 0.4) is 0 Å². The van der Waals surface area contributed by atoms with Gasteiger partial charge in [0.05, 0.1) is 18.8 Å². The molecule has 1 aromatic rings. The summed E-state index contributed by atoms with van der Waals surface area (Å²) < 4.78 is 13.5. The first-order valence-electron chi connectivity index (χ1n) is 8.78. The molecule has 0 aromatic carbocycles. The van der Waals surface area contributed by atoms with Gasteiger partial charge in [0.15, 0.2) is 0 Å². The highest BCUT2D eigenvalue weighted by Gasteiger charge is 2.32. The lowest BCUT2D eigenvalue weighted by Gasteiger charge is -2.26. The summed E-state index contributed by atoms with van der Waals surface area (Å²) in [6.07, 6.45) is 6.00. The van der Waals surface area contributed by atoms with Gasteiger partial charge in [-0.1, -0.05) is 0 Å². The Morgan fingerprint density at radius 2 is 2.13 bits per heavy atom. The predicted molar refractivity (Wildman–Crippen MR) is 83.7 cm³/mol. The standard InChI is InChI=1S/C17H25N3O3/c21-17(16-2-1-7-23-16)19-8-14(12-22-11-13-3-4-13)9-20-15(10-19)5-6-18-20/h5-6,13-14,16H,1-4,7-12H2/t14-,16+/m1/s1. The number of nitrogens with zero attached hydrogens (tertiary/aromatic N) is 3. The zero-order chi connectivity index (χ0) is 15.6. The average Bonchev–Trinajstić information content (AvgIpc) is 3.07. The highest BCUT2D eigenvalue weighted by molar-refractivity contribution is 5.81. The minimum Gasteiger partial charge on any atom is -0.381 e. The van der Waals surface area contributed by atoms with E-state index in [2.05, 4.69) is 5.10 Å². The van der Waals surface area contributed by atoms with E-state index in [1.54, 1.807) is 0 Å². The number of carbonyl (C=O) groups excluding carboxylic acids is 1. The molecule has 1 saturated heterocycles. The molecule has 0 spiro atoms. The van der Waals surface area contributed by atoms with Crippen LogP contribution in [0.5, 0.6) is 0 Å². The van der Waals surface area contributed by atoms with Crippen LogP contribution in [0, 0.1) is 11.8 Å².